The fraction of sp³-hybridized carbons (Fsp3) is 0.750. The van der Waals surface area contributed by atoms with E-state index >= 15 is 0 Å². The highest BCUT2D eigenvalue weighted by Gasteiger charge is 2.14. The highest BCUT2D eigenvalue weighted by molar-refractivity contribution is 6.22. The first-order valence-corrected chi connectivity index (χ1v) is 4.80. The van der Waals surface area contributed by atoms with Gasteiger partial charge in [-0.25, -0.2) is 0 Å². The second kappa shape index (κ2) is 6.22. The van der Waals surface area contributed by atoms with E-state index in [1.54, 1.807) is 13.8 Å². The van der Waals surface area contributed by atoms with Crippen molar-refractivity contribution >= 4 is 35.1 Å². The molecule has 0 aliphatic rings. The summed E-state index contributed by atoms with van der Waals surface area (Å²) in [5.74, 6) is -1.21. The van der Waals surface area contributed by atoms with Crippen LogP contribution in [0.15, 0.2) is 0 Å². The first-order valence-electron chi connectivity index (χ1n) is 3.93. The third-order valence-corrected chi connectivity index (χ3v) is 1.43. The molecule has 2 unspecified atom stereocenters. The summed E-state index contributed by atoms with van der Waals surface area (Å²) in [5.41, 5.74) is 0. The Morgan fingerprint density at radius 3 is 1.62 bits per heavy atom. The summed E-state index contributed by atoms with van der Waals surface area (Å²) < 4.78 is 4.43. The van der Waals surface area contributed by atoms with E-state index in [1.807, 2.05) is 0 Å². The Bertz CT molecular complexity index is 170. The van der Waals surface area contributed by atoms with Crippen LogP contribution in [0.25, 0.3) is 0 Å². The number of hydrogen-bond acceptors (Lipinski definition) is 3. The molecule has 0 amide bonds. The molecule has 0 bridgehead atoms. The molecule has 0 fully saturated rings. The molecule has 76 valence electrons. The second-order valence-electron chi connectivity index (χ2n) is 2.82. The van der Waals surface area contributed by atoms with Gasteiger partial charge >= 0.3 is 11.9 Å². The molecule has 0 spiro atoms. The van der Waals surface area contributed by atoms with E-state index in [0.29, 0.717) is 0 Å². The number of carbonyl (C=O) groups excluding carboxylic acids is 2. The van der Waals surface area contributed by atoms with Gasteiger partial charge in [-0.1, -0.05) is 0 Å². The highest BCUT2D eigenvalue weighted by atomic mass is 35.5. The molecule has 2 atom stereocenters. The van der Waals surface area contributed by atoms with E-state index in [2.05, 4.69) is 4.74 Å². The van der Waals surface area contributed by atoms with Gasteiger partial charge in [0.2, 0.25) is 0 Å². The average Bonchev–Trinajstić information content (AvgIpc) is 1.80. The first kappa shape index (κ1) is 12.7. The average molecular weight is 227 g/mol. The minimum Gasteiger partial charge on any atom is -0.393 e. The molecule has 0 aromatic heterocycles. The molecule has 0 saturated heterocycles. The number of alkyl halides is 2. The molecule has 0 aliphatic heterocycles. The van der Waals surface area contributed by atoms with Crippen LogP contribution >= 0.6 is 23.2 Å². The number of ether oxygens (including phenoxy) is 1. The van der Waals surface area contributed by atoms with E-state index in [4.69, 9.17) is 23.2 Å². The molecular weight excluding hydrogens is 215 g/mol. The predicted octanol–water partition coefficient (Wildman–Crippen LogP) is 2.09. The zero-order valence-electron chi connectivity index (χ0n) is 7.55. The maximum atomic E-state index is 10.9. The van der Waals surface area contributed by atoms with Crippen LogP contribution in [0.2, 0.25) is 0 Å². The molecule has 3 nitrogen and oxygen atoms in total. The van der Waals surface area contributed by atoms with Gasteiger partial charge in [-0.15, -0.1) is 23.2 Å². The zero-order chi connectivity index (χ0) is 10.4. The Labute approximate surface area is 87.3 Å². The van der Waals surface area contributed by atoms with Crippen LogP contribution in [0.3, 0.4) is 0 Å². The van der Waals surface area contributed by atoms with Gasteiger partial charge in [-0.2, -0.15) is 0 Å². The SMILES string of the molecule is CC(Cl)CC(=O)OC(=O)CC(C)Cl. The van der Waals surface area contributed by atoms with Crippen molar-refractivity contribution in [1.29, 1.82) is 0 Å². The Morgan fingerprint density at radius 1 is 1.08 bits per heavy atom. The molecule has 0 saturated carbocycles. The monoisotopic (exact) mass is 226 g/mol. The lowest BCUT2D eigenvalue weighted by Gasteiger charge is -2.04. The summed E-state index contributed by atoms with van der Waals surface area (Å²) in [6.45, 7) is 3.30. The lowest BCUT2D eigenvalue weighted by molar-refractivity contribution is -0.159. The van der Waals surface area contributed by atoms with Crippen molar-refractivity contribution in [3.8, 4) is 0 Å². The maximum Gasteiger partial charge on any atom is 0.314 e. The Hall–Kier alpha value is -0.280. The van der Waals surface area contributed by atoms with Crippen LogP contribution in [-0.4, -0.2) is 22.7 Å². The minimum atomic E-state index is -0.607. The number of halogens is 2. The fourth-order valence-corrected chi connectivity index (χ4v) is 0.922. The maximum absolute atomic E-state index is 10.9. The van der Waals surface area contributed by atoms with Gasteiger partial charge in [0.05, 0.1) is 12.8 Å². The van der Waals surface area contributed by atoms with Crippen molar-refractivity contribution < 1.29 is 14.3 Å². The Kier molecular flexibility index (Phi) is 6.08. The quantitative estimate of drug-likeness (QED) is 0.419. The van der Waals surface area contributed by atoms with Gasteiger partial charge < -0.3 is 4.74 Å². The van der Waals surface area contributed by atoms with Crippen LogP contribution in [0.4, 0.5) is 0 Å². The van der Waals surface area contributed by atoms with E-state index in [-0.39, 0.29) is 23.6 Å². The minimum absolute atomic E-state index is 0.0317. The van der Waals surface area contributed by atoms with Gasteiger partial charge in [-0.3, -0.25) is 9.59 Å². The third kappa shape index (κ3) is 8.06. The van der Waals surface area contributed by atoms with E-state index in [0.717, 1.165) is 0 Å². The standard InChI is InChI=1S/C8H12Cl2O3/c1-5(9)3-7(11)13-8(12)4-6(2)10/h5-6H,3-4H2,1-2H3. The summed E-state index contributed by atoms with van der Waals surface area (Å²) >= 11 is 11.0. The van der Waals surface area contributed by atoms with Crippen molar-refractivity contribution in [3.63, 3.8) is 0 Å². The summed E-state index contributed by atoms with van der Waals surface area (Å²) in [6, 6.07) is 0. The van der Waals surface area contributed by atoms with Gasteiger partial charge in [0, 0.05) is 10.8 Å². The molecule has 0 aliphatic carbocycles. The molecule has 0 heterocycles. The van der Waals surface area contributed by atoms with Crippen molar-refractivity contribution in [1.82, 2.24) is 0 Å². The van der Waals surface area contributed by atoms with Crippen LogP contribution in [-0.2, 0) is 14.3 Å². The molecule has 13 heavy (non-hydrogen) atoms. The van der Waals surface area contributed by atoms with Crippen LogP contribution in [0.1, 0.15) is 26.7 Å². The predicted molar refractivity (Wildman–Crippen MR) is 51.0 cm³/mol. The molecule has 0 rings (SSSR count). The third-order valence-electron chi connectivity index (χ3n) is 1.12. The van der Waals surface area contributed by atoms with Gasteiger partial charge in [0.15, 0.2) is 0 Å². The Balaban J connectivity index is 3.72. The van der Waals surface area contributed by atoms with Crippen molar-refractivity contribution in [2.24, 2.45) is 0 Å². The Morgan fingerprint density at radius 2 is 1.38 bits per heavy atom. The number of esters is 2. The fourth-order valence-electron chi connectivity index (χ4n) is 0.670. The number of hydrogen-bond donors (Lipinski definition) is 0. The van der Waals surface area contributed by atoms with Crippen molar-refractivity contribution in [2.45, 2.75) is 37.4 Å². The summed E-state index contributed by atoms with van der Waals surface area (Å²) in [6.07, 6.45) is 0.0634. The molecule has 0 radical (unpaired) electrons. The van der Waals surface area contributed by atoms with Crippen LogP contribution in [0, 0.1) is 0 Å². The number of rotatable bonds is 4. The van der Waals surface area contributed by atoms with Gasteiger partial charge in [0.25, 0.3) is 0 Å². The summed E-state index contributed by atoms with van der Waals surface area (Å²) in [5, 5.41) is -0.651. The lowest BCUT2D eigenvalue weighted by atomic mass is 10.3. The van der Waals surface area contributed by atoms with Crippen LogP contribution < -0.4 is 0 Å². The topological polar surface area (TPSA) is 43.4 Å². The van der Waals surface area contributed by atoms with E-state index in [9.17, 15) is 9.59 Å². The van der Waals surface area contributed by atoms with Gasteiger partial charge in [-0.05, 0) is 13.8 Å². The zero-order valence-corrected chi connectivity index (χ0v) is 9.06. The van der Waals surface area contributed by atoms with E-state index in [1.165, 1.54) is 0 Å². The van der Waals surface area contributed by atoms with Crippen molar-refractivity contribution in [2.75, 3.05) is 0 Å². The van der Waals surface area contributed by atoms with Crippen LogP contribution in [0.5, 0.6) is 0 Å². The molecule has 0 N–H and O–H groups in total. The smallest absolute Gasteiger partial charge is 0.314 e. The molecule has 0 aromatic rings. The van der Waals surface area contributed by atoms with E-state index < -0.39 is 11.9 Å². The normalized spacial score (nSPS) is 14.8. The highest BCUT2D eigenvalue weighted by Crippen LogP contribution is 2.05. The van der Waals surface area contributed by atoms with Crippen molar-refractivity contribution in [3.05, 3.63) is 0 Å². The second-order valence-corrected chi connectivity index (χ2v) is 4.31. The largest absolute Gasteiger partial charge is 0.393 e. The number of carbonyl (C=O) groups is 2. The summed E-state index contributed by atoms with van der Waals surface area (Å²) in [7, 11) is 0. The summed E-state index contributed by atoms with van der Waals surface area (Å²) in [4.78, 5) is 21.7. The first-order chi connectivity index (χ1) is 5.91. The van der Waals surface area contributed by atoms with Gasteiger partial charge in [0.1, 0.15) is 0 Å². The molecule has 5 heteroatoms. The molecular formula is C8H12Cl2O3. The molecule has 0 aromatic carbocycles. The lowest BCUT2D eigenvalue weighted by Crippen LogP contribution is -2.16.